The van der Waals surface area contributed by atoms with Crippen LogP contribution in [0.4, 0.5) is 0 Å². The predicted octanol–water partition coefficient (Wildman–Crippen LogP) is 4.93. The van der Waals surface area contributed by atoms with E-state index < -0.39 is 0 Å². The van der Waals surface area contributed by atoms with Crippen molar-refractivity contribution in [1.29, 1.82) is 0 Å². The summed E-state index contributed by atoms with van der Waals surface area (Å²) in [6.07, 6.45) is 1.92. The van der Waals surface area contributed by atoms with E-state index in [4.69, 9.17) is 0 Å². The van der Waals surface area contributed by atoms with Crippen molar-refractivity contribution in [1.82, 2.24) is 0 Å². The lowest BCUT2D eigenvalue weighted by molar-refractivity contribution is 1.44. The van der Waals surface area contributed by atoms with E-state index in [1.807, 2.05) is 12.1 Å². The zero-order valence-corrected chi connectivity index (χ0v) is 11.1. The maximum atomic E-state index is 3.87. The summed E-state index contributed by atoms with van der Waals surface area (Å²) >= 11 is 2.40. The molecule has 2 aromatic rings. The fraction of sp³-hybridized carbons (Fsp3) is 0.0667. The van der Waals surface area contributed by atoms with Crippen LogP contribution in [0.25, 0.3) is 17.2 Å². The van der Waals surface area contributed by atoms with E-state index in [0.717, 1.165) is 4.43 Å². The van der Waals surface area contributed by atoms with Crippen LogP contribution in [0, 0.1) is 0 Å². The van der Waals surface area contributed by atoms with Gasteiger partial charge in [-0.2, -0.15) is 0 Å². The van der Waals surface area contributed by atoms with E-state index in [0.29, 0.717) is 0 Å². The molecule has 0 aliphatic heterocycles. The van der Waals surface area contributed by atoms with E-state index in [2.05, 4.69) is 71.6 Å². The second kappa shape index (κ2) is 5.30. The first-order valence-corrected chi connectivity index (χ1v) is 6.75. The Balaban J connectivity index is 2.62. The molecule has 2 aromatic carbocycles. The maximum absolute atomic E-state index is 3.87. The number of rotatable bonds is 3. The average Bonchev–Trinajstić information content (AvgIpc) is 2.38. The molecule has 16 heavy (non-hydrogen) atoms. The SMILES string of the molecule is C=Cc1ccccc1-c1ccccc1CI. The highest BCUT2D eigenvalue weighted by molar-refractivity contribution is 14.1. The van der Waals surface area contributed by atoms with Gasteiger partial charge in [0.2, 0.25) is 0 Å². The van der Waals surface area contributed by atoms with Gasteiger partial charge in [0.1, 0.15) is 0 Å². The molecule has 0 spiro atoms. The zero-order chi connectivity index (χ0) is 11.4. The summed E-state index contributed by atoms with van der Waals surface area (Å²) in [6.45, 7) is 3.87. The molecular formula is C15H13I. The molecule has 0 atom stereocenters. The molecule has 0 heterocycles. The Morgan fingerprint density at radius 2 is 1.56 bits per heavy atom. The van der Waals surface area contributed by atoms with Crippen molar-refractivity contribution in [2.45, 2.75) is 4.43 Å². The van der Waals surface area contributed by atoms with Crippen molar-refractivity contribution in [2.24, 2.45) is 0 Å². The van der Waals surface area contributed by atoms with Crippen LogP contribution in [-0.2, 0) is 4.43 Å². The van der Waals surface area contributed by atoms with Gasteiger partial charge in [-0.1, -0.05) is 83.8 Å². The largest absolute Gasteiger partial charge is 0.0984 e. The molecule has 0 aliphatic carbocycles. The van der Waals surface area contributed by atoms with Crippen molar-refractivity contribution in [2.75, 3.05) is 0 Å². The Morgan fingerprint density at radius 3 is 2.25 bits per heavy atom. The predicted molar refractivity (Wildman–Crippen MR) is 79.7 cm³/mol. The van der Waals surface area contributed by atoms with Crippen LogP contribution in [-0.4, -0.2) is 0 Å². The molecule has 2 rings (SSSR count). The Hall–Kier alpha value is -1.09. The van der Waals surface area contributed by atoms with Gasteiger partial charge in [-0.3, -0.25) is 0 Å². The fourth-order valence-corrected chi connectivity index (χ4v) is 2.49. The van der Waals surface area contributed by atoms with Gasteiger partial charge >= 0.3 is 0 Å². The first-order valence-electron chi connectivity index (χ1n) is 5.22. The molecule has 0 bridgehead atoms. The molecule has 0 nitrogen and oxygen atoms in total. The molecule has 0 amide bonds. The van der Waals surface area contributed by atoms with Crippen LogP contribution in [0.3, 0.4) is 0 Å². The van der Waals surface area contributed by atoms with Gasteiger partial charge in [-0.25, -0.2) is 0 Å². The van der Waals surface area contributed by atoms with E-state index in [9.17, 15) is 0 Å². The van der Waals surface area contributed by atoms with Crippen LogP contribution in [0.1, 0.15) is 11.1 Å². The van der Waals surface area contributed by atoms with Crippen molar-refractivity contribution in [3.8, 4) is 11.1 Å². The highest BCUT2D eigenvalue weighted by Crippen LogP contribution is 2.28. The van der Waals surface area contributed by atoms with Gasteiger partial charge < -0.3 is 0 Å². The Bertz CT molecular complexity index is 500. The van der Waals surface area contributed by atoms with Crippen molar-refractivity contribution >= 4 is 28.7 Å². The van der Waals surface area contributed by atoms with Crippen LogP contribution < -0.4 is 0 Å². The molecular weight excluding hydrogens is 307 g/mol. The first-order chi connectivity index (χ1) is 7.86. The van der Waals surface area contributed by atoms with Crippen LogP contribution in [0.2, 0.25) is 0 Å². The monoisotopic (exact) mass is 320 g/mol. The highest BCUT2D eigenvalue weighted by atomic mass is 127. The van der Waals surface area contributed by atoms with E-state index in [1.165, 1.54) is 22.3 Å². The molecule has 80 valence electrons. The minimum absolute atomic E-state index is 1.03. The zero-order valence-electron chi connectivity index (χ0n) is 8.99. The normalized spacial score (nSPS) is 10.1. The summed E-state index contributed by atoms with van der Waals surface area (Å²) in [5.74, 6) is 0. The number of hydrogen-bond donors (Lipinski definition) is 0. The molecule has 0 radical (unpaired) electrons. The highest BCUT2D eigenvalue weighted by Gasteiger charge is 2.05. The van der Waals surface area contributed by atoms with Crippen LogP contribution in [0.15, 0.2) is 55.1 Å². The number of hydrogen-bond acceptors (Lipinski definition) is 0. The summed E-state index contributed by atoms with van der Waals surface area (Å²) < 4.78 is 1.03. The second-order valence-corrected chi connectivity index (χ2v) is 4.34. The number of benzene rings is 2. The first kappa shape index (κ1) is 11.4. The lowest BCUT2D eigenvalue weighted by atomic mass is 9.96. The minimum Gasteiger partial charge on any atom is -0.0984 e. The summed E-state index contributed by atoms with van der Waals surface area (Å²) in [5.41, 5.74) is 5.15. The van der Waals surface area contributed by atoms with Gasteiger partial charge in [0, 0.05) is 4.43 Å². The van der Waals surface area contributed by atoms with Gasteiger partial charge in [0.25, 0.3) is 0 Å². The third-order valence-electron chi connectivity index (χ3n) is 2.63. The van der Waals surface area contributed by atoms with Crippen molar-refractivity contribution in [3.05, 3.63) is 66.2 Å². The second-order valence-electron chi connectivity index (χ2n) is 3.58. The Labute approximate surface area is 110 Å². The minimum atomic E-state index is 1.03. The van der Waals surface area contributed by atoms with Gasteiger partial charge in [0.15, 0.2) is 0 Å². The van der Waals surface area contributed by atoms with Crippen molar-refractivity contribution in [3.63, 3.8) is 0 Å². The van der Waals surface area contributed by atoms with E-state index in [1.54, 1.807) is 0 Å². The number of alkyl halides is 1. The molecule has 0 N–H and O–H groups in total. The quantitative estimate of drug-likeness (QED) is 0.555. The summed E-state index contributed by atoms with van der Waals surface area (Å²) in [5, 5.41) is 0. The summed E-state index contributed by atoms with van der Waals surface area (Å²) in [4.78, 5) is 0. The Morgan fingerprint density at radius 1 is 0.938 bits per heavy atom. The summed E-state index contributed by atoms with van der Waals surface area (Å²) in [7, 11) is 0. The van der Waals surface area contributed by atoms with E-state index in [-0.39, 0.29) is 0 Å². The van der Waals surface area contributed by atoms with Gasteiger partial charge in [-0.15, -0.1) is 0 Å². The molecule has 0 saturated carbocycles. The maximum Gasteiger partial charge on any atom is 0.0253 e. The third-order valence-corrected chi connectivity index (χ3v) is 3.45. The van der Waals surface area contributed by atoms with Gasteiger partial charge in [0.05, 0.1) is 0 Å². The average molecular weight is 320 g/mol. The smallest absolute Gasteiger partial charge is 0.0253 e. The fourth-order valence-electron chi connectivity index (χ4n) is 1.82. The number of halogens is 1. The van der Waals surface area contributed by atoms with E-state index >= 15 is 0 Å². The molecule has 0 aliphatic rings. The Kier molecular flexibility index (Phi) is 3.78. The molecule has 1 heteroatoms. The standard InChI is InChI=1S/C15H13I/c1-2-12-7-3-5-9-14(12)15-10-6-4-8-13(15)11-16/h2-10H,1,11H2. The lowest BCUT2D eigenvalue weighted by Crippen LogP contribution is -1.88. The molecule has 0 fully saturated rings. The third kappa shape index (κ3) is 2.19. The molecule has 0 aromatic heterocycles. The lowest BCUT2D eigenvalue weighted by Gasteiger charge is -2.10. The molecule has 0 unspecified atom stereocenters. The van der Waals surface area contributed by atoms with Gasteiger partial charge in [-0.05, 0) is 22.3 Å². The summed E-state index contributed by atoms with van der Waals surface area (Å²) in [6, 6.07) is 16.9. The van der Waals surface area contributed by atoms with Crippen molar-refractivity contribution < 1.29 is 0 Å². The van der Waals surface area contributed by atoms with Crippen LogP contribution >= 0.6 is 22.6 Å². The topological polar surface area (TPSA) is 0 Å². The van der Waals surface area contributed by atoms with Crippen LogP contribution in [0.5, 0.6) is 0 Å². The molecule has 0 saturated heterocycles.